The summed E-state index contributed by atoms with van der Waals surface area (Å²) in [5.41, 5.74) is 15.1. The Morgan fingerprint density at radius 2 is 1.35 bits per heavy atom. The lowest BCUT2D eigenvalue weighted by atomic mass is 9.98. The van der Waals surface area contributed by atoms with Gasteiger partial charge in [0.15, 0.2) is 0 Å². The van der Waals surface area contributed by atoms with E-state index in [4.69, 9.17) is 5.73 Å². The fraction of sp³-hybridized carbons (Fsp3) is 0.541. The Balaban J connectivity index is -0.000000524. The maximum atomic E-state index is 14.1. The highest BCUT2D eigenvalue weighted by Crippen LogP contribution is 2.34. The van der Waals surface area contributed by atoms with Gasteiger partial charge in [0.1, 0.15) is 5.82 Å². The number of hydrogen-bond acceptors (Lipinski definition) is 2. The highest BCUT2D eigenvalue weighted by Gasteiger charge is 2.18. The molecule has 1 aliphatic carbocycles. The van der Waals surface area contributed by atoms with Gasteiger partial charge < -0.3 is 5.73 Å². The second-order valence-electron chi connectivity index (χ2n) is 9.56. The molecule has 2 aromatic carbocycles. The van der Waals surface area contributed by atoms with Crippen LogP contribution in [0.25, 0.3) is 11.3 Å². The number of halogens is 1. The highest BCUT2D eigenvalue weighted by atomic mass is 19.1. The predicted octanol–water partition coefficient (Wildman–Crippen LogP) is 11.9. The van der Waals surface area contributed by atoms with Gasteiger partial charge in [0, 0.05) is 30.4 Å². The van der Waals surface area contributed by atoms with Gasteiger partial charge >= 0.3 is 0 Å². The minimum Gasteiger partial charge on any atom is -0.398 e. The molecule has 40 heavy (non-hydrogen) atoms. The van der Waals surface area contributed by atoms with Crippen LogP contribution in [0.5, 0.6) is 0 Å². The van der Waals surface area contributed by atoms with Crippen molar-refractivity contribution < 1.29 is 4.39 Å². The van der Waals surface area contributed by atoms with E-state index < -0.39 is 0 Å². The summed E-state index contributed by atoms with van der Waals surface area (Å²) in [5, 5.41) is 0. The first kappa shape index (κ1) is 41.8. The summed E-state index contributed by atoms with van der Waals surface area (Å²) >= 11 is 0. The SMILES string of the molecule is C=C(C)c1cccc(C)c1.CC.CC.CCCC.CCCC.CN=C(C)Cc1c(C)cc(C(N)=C2CC2)cc1F. The topological polar surface area (TPSA) is 38.4 Å². The molecule has 0 atom stereocenters. The number of rotatable bonds is 6. The molecule has 0 unspecified atom stereocenters. The Hall–Kier alpha value is -2.68. The zero-order chi connectivity index (χ0) is 31.7. The minimum absolute atomic E-state index is 0.183. The Kier molecular flexibility index (Phi) is 27.7. The molecule has 0 bridgehead atoms. The van der Waals surface area contributed by atoms with Gasteiger partial charge in [-0.05, 0) is 74.9 Å². The van der Waals surface area contributed by atoms with Crippen LogP contribution < -0.4 is 5.73 Å². The van der Waals surface area contributed by atoms with Gasteiger partial charge in [0.05, 0.1) is 0 Å². The number of aryl methyl sites for hydroxylation is 2. The molecule has 228 valence electrons. The normalized spacial score (nSPS) is 10.8. The van der Waals surface area contributed by atoms with E-state index in [1.54, 1.807) is 13.1 Å². The fourth-order valence-corrected chi connectivity index (χ4v) is 2.93. The summed E-state index contributed by atoms with van der Waals surface area (Å²) in [7, 11) is 1.73. The highest BCUT2D eigenvalue weighted by molar-refractivity contribution is 5.84. The molecule has 0 aromatic heterocycles. The van der Waals surface area contributed by atoms with Crippen LogP contribution in [0.4, 0.5) is 4.39 Å². The van der Waals surface area contributed by atoms with Crippen molar-refractivity contribution >= 4 is 17.0 Å². The number of allylic oxidation sites excluding steroid dienone is 2. The summed E-state index contributed by atoms with van der Waals surface area (Å²) in [6.45, 7) is 28.5. The zero-order valence-electron chi connectivity index (χ0n) is 28.5. The van der Waals surface area contributed by atoms with Crippen LogP contribution in [-0.2, 0) is 6.42 Å². The average molecular weight is 555 g/mol. The monoisotopic (exact) mass is 554 g/mol. The number of hydrogen-bond donors (Lipinski definition) is 1. The first-order valence-corrected chi connectivity index (χ1v) is 15.5. The largest absolute Gasteiger partial charge is 0.398 e. The summed E-state index contributed by atoms with van der Waals surface area (Å²) in [6.07, 6.45) is 7.94. The third-order valence-corrected chi connectivity index (χ3v) is 5.94. The number of nitrogens with zero attached hydrogens (tertiary/aromatic N) is 1. The summed E-state index contributed by atoms with van der Waals surface area (Å²) in [6, 6.07) is 11.9. The van der Waals surface area contributed by atoms with Crippen LogP contribution in [-0.4, -0.2) is 12.8 Å². The molecule has 0 saturated heterocycles. The Labute approximate surface area is 249 Å². The molecule has 0 amide bonds. The lowest BCUT2D eigenvalue weighted by Gasteiger charge is -2.10. The maximum absolute atomic E-state index is 14.1. The number of nitrogens with two attached hydrogens (primary N) is 1. The fourth-order valence-electron chi connectivity index (χ4n) is 2.93. The Bertz CT molecular complexity index is 962. The molecular formula is C37H63FN2. The van der Waals surface area contributed by atoms with Crippen LogP contribution in [0.3, 0.4) is 0 Å². The van der Waals surface area contributed by atoms with Crippen LogP contribution >= 0.6 is 0 Å². The van der Waals surface area contributed by atoms with Crippen molar-refractivity contribution in [3.63, 3.8) is 0 Å². The van der Waals surface area contributed by atoms with Gasteiger partial charge in [-0.3, -0.25) is 4.99 Å². The average Bonchev–Trinajstić information content (AvgIpc) is 3.83. The van der Waals surface area contributed by atoms with Crippen molar-refractivity contribution in [3.05, 3.63) is 82.2 Å². The standard InChI is InChI=1S/C15H19FN2.C10H12.2C4H10.2C2H6/c1-9-6-12(15(17)11-4-5-11)8-14(16)13(9)7-10(2)18-3;1-8(2)10-6-4-5-9(3)7-10;2*1-3-4-2;2*1-2/h6,8H,4-5,7,17H2,1-3H3;4-7H,1H2,2-3H3;2*3-4H2,1-2H3;2*1-2H3. The molecular weight excluding hydrogens is 491 g/mol. The lowest BCUT2D eigenvalue weighted by Crippen LogP contribution is -2.05. The molecule has 0 aliphatic heterocycles. The lowest BCUT2D eigenvalue weighted by molar-refractivity contribution is 0.613. The minimum atomic E-state index is -0.183. The molecule has 1 saturated carbocycles. The Morgan fingerprint density at radius 3 is 1.68 bits per heavy atom. The third-order valence-electron chi connectivity index (χ3n) is 5.94. The molecule has 0 radical (unpaired) electrons. The molecule has 3 rings (SSSR count). The van der Waals surface area contributed by atoms with Crippen molar-refractivity contribution in [2.24, 2.45) is 10.7 Å². The van der Waals surface area contributed by atoms with E-state index in [1.807, 2.05) is 54.5 Å². The molecule has 2 nitrogen and oxygen atoms in total. The van der Waals surface area contributed by atoms with E-state index in [0.29, 0.717) is 6.42 Å². The van der Waals surface area contributed by atoms with E-state index in [1.165, 1.54) is 42.4 Å². The quantitative estimate of drug-likeness (QED) is 0.354. The van der Waals surface area contributed by atoms with Gasteiger partial charge in [0.2, 0.25) is 0 Å². The van der Waals surface area contributed by atoms with E-state index >= 15 is 0 Å². The van der Waals surface area contributed by atoms with E-state index in [0.717, 1.165) is 46.5 Å². The molecule has 1 aliphatic rings. The molecule has 1 fully saturated rings. The first-order chi connectivity index (χ1) is 19.1. The summed E-state index contributed by atoms with van der Waals surface area (Å²) in [4.78, 5) is 4.08. The number of benzene rings is 2. The van der Waals surface area contributed by atoms with Crippen molar-refractivity contribution in [3.8, 4) is 0 Å². The Morgan fingerprint density at radius 1 is 0.850 bits per heavy atom. The maximum Gasteiger partial charge on any atom is 0.127 e. The van der Waals surface area contributed by atoms with Crippen LogP contribution in [0.15, 0.2) is 53.5 Å². The molecule has 0 heterocycles. The molecule has 2 aromatic rings. The predicted molar refractivity (Wildman–Crippen MR) is 184 cm³/mol. The summed E-state index contributed by atoms with van der Waals surface area (Å²) in [5.74, 6) is -0.183. The second kappa shape index (κ2) is 26.5. The van der Waals surface area contributed by atoms with E-state index in [9.17, 15) is 4.39 Å². The van der Waals surface area contributed by atoms with Crippen LogP contribution in [0.1, 0.15) is 136 Å². The molecule has 2 N–H and O–H groups in total. The van der Waals surface area contributed by atoms with Gasteiger partial charge in [0.25, 0.3) is 0 Å². The molecule has 3 heteroatoms. The smallest absolute Gasteiger partial charge is 0.127 e. The molecule has 0 spiro atoms. The van der Waals surface area contributed by atoms with Gasteiger partial charge in [-0.1, -0.05) is 123 Å². The second-order valence-corrected chi connectivity index (χ2v) is 9.56. The third kappa shape index (κ3) is 19.4. The number of aliphatic imine (C=N–C) groups is 1. The van der Waals surface area contributed by atoms with Crippen molar-refractivity contribution in [1.29, 1.82) is 0 Å². The number of unbranched alkanes of at least 4 members (excludes halogenated alkanes) is 2. The summed E-state index contributed by atoms with van der Waals surface area (Å²) < 4.78 is 14.1. The van der Waals surface area contributed by atoms with Gasteiger partial charge in [-0.15, -0.1) is 0 Å². The van der Waals surface area contributed by atoms with Crippen molar-refractivity contribution in [2.45, 2.75) is 128 Å². The van der Waals surface area contributed by atoms with E-state index in [-0.39, 0.29) is 5.82 Å². The van der Waals surface area contributed by atoms with Crippen LogP contribution in [0.2, 0.25) is 0 Å². The first-order valence-electron chi connectivity index (χ1n) is 15.5. The zero-order valence-corrected chi connectivity index (χ0v) is 28.5. The van der Waals surface area contributed by atoms with Crippen LogP contribution in [0, 0.1) is 19.7 Å². The van der Waals surface area contributed by atoms with Crippen molar-refractivity contribution in [2.75, 3.05) is 7.05 Å². The van der Waals surface area contributed by atoms with Gasteiger partial charge in [-0.2, -0.15) is 0 Å². The van der Waals surface area contributed by atoms with Crippen molar-refractivity contribution in [1.82, 2.24) is 0 Å². The van der Waals surface area contributed by atoms with E-state index in [2.05, 4.69) is 70.5 Å². The van der Waals surface area contributed by atoms with Gasteiger partial charge in [-0.25, -0.2) is 4.39 Å².